The average molecular weight is 471 g/mol. The number of H-pyrrole nitrogens is 1. The Morgan fingerprint density at radius 3 is 2.71 bits per heavy atom. The number of thiazole rings is 1. The molecule has 0 aliphatic carbocycles. The van der Waals surface area contributed by atoms with Gasteiger partial charge in [-0.3, -0.25) is 9.89 Å². The van der Waals surface area contributed by atoms with Crippen molar-refractivity contribution in [3.8, 4) is 11.5 Å². The summed E-state index contributed by atoms with van der Waals surface area (Å²) >= 11 is 4.40. The number of amides is 1. The molecule has 0 atom stereocenters. The third-order valence-electron chi connectivity index (χ3n) is 3.93. The molecule has 0 saturated heterocycles. The van der Waals surface area contributed by atoms with Gasteiger partial charge in [0.1, 0.15) is 22.9 Å². The number of aromatic nitrogens is 5. The summed E-state index contributed by atoms with van der Waals surface area (Å²) in [6.45, 7) is 1.94. The van der Waals surface area contributed by atoms with Gasteiger partial charge in [0.25, 0.3) is 0 Å². The van der Waals surface area contributed by atoms with Crippen LogP contribution in [0.4, 0.5) is 5.13 Å². The number of nitrogens with zero attached hydrogens (tertiary/aromatic N) is 4. The molecule has 2 N–H and O–H groups in total. The molecule has 4 aromatic rings. The maximum absolute atomic E-state index is 12.5. The molecule has 0 radical (unpaired) electrons. The predicted octanol–water partition coefficient (Wildman–Crippen LogP) is 4.81. The number of aromatic amines is 1. The molecule has 0 bridgehead atoms. The Bertz CT molecular complexity index is 1160. The van der Waals surface area contributed by atoms with Gasteiger partial charge in [-0.2, -0.15) is 5.10 Å². The van der Waals surface area contributed by atoms with E-state index >= 15 is 0 Å². The van der Waals surface area contributed by atoms with Crippen LogP contribution in [0.25, 0.3) is 0 Å². The van der Waals surface area contributed by atoms with E-state index in [1.54, 1.807) is 30.1 Å². The number of carbonyl (C=O) groups is 1. The van der Waals surface area contributed by atoms with E-state index in [9.17, 15) is 4.79 Å². The Morgan fingerprint density at radius 1 is 1.19 bits per heavy atom. The second kappa shape index (κ2) is 9.94. The number of aryl methyl sites for hydroxylation is 1. The molecule has 1 aromatic carbocycles. The Balaban J connectivity index is 1.55. The van der Waals surface area contributed by atoms with Crippen LogP contribution in [0.2, 0.25) is 0 Å². The number of benzene rings is 1. The van der Waals surface area contributed by atoms with E-state index in [1.165, 1.54) is 29.4 Å². The summed E-state index contributed by atoms with van der Waals surface area (Å²) in [5.74, 6) is 1.09. The maximum atomic E-state index is 12.5. The van der Waals surface area contributed by atoms with Crippen molar-refractivity contribution in [2.75, 3.05) is 11.6 Å². The first-order valence-electron chi connectivity index (χ1n) is 9.16. The molecule has 31 heavy (non-hydrogen) atoms. The molecule has 158 valence electrons. The smallest absolute Gasteiger partial charge is 0.232 e. The quantitative estimate of drug-likeness (QED) is 0.353. The van der Waals surface area contributed by atoms with Crippen LogP contribution in [0.1, 0.15) is 10.6 Å². The molecule has 3 aromatic heterocycles. The van der Waals surface area contributed by atoms with Gasteiger partial charge in [0.2, 0.25) is 5.91 Å². The number of hydrogen-bond donors (Lipinski definition) is 2. The third kappa shape index (κ3) is 6.06. The fourth-order valence-electron chi connectivity index (χ4n) is 2.60. The molecule has 8 nitrogen and oxygen atoms in total. The number of carbonyl (C=O) groups excluding carboxylic acids is 1. The van der Waals surface area contributed by atoms with Crippen LogP contribution in [0.3, 0.4) is 0 Å². The van der Waals surface area contributed by atoms with Crippen LogP contribution in [-0.4, -0.2) is 37.3 Å². The summed E-state index contributed by atoms with van der Waals surface area (Å²) in [4.78, 5) is 27.5. The molecule has 0 aliphatic heterocycles. The van der Waals surface area contributed by atoms with E-state index in [2.05, 4.69) is 30.5 Å². The standard InChI is InChI=1S/C20H18N6O2S3/c1-12-10-21-19(30-12)25-17(27)8-13-7-15(28-14-3-5-16(29-2)6-4-14)9-18(24-13)31-20-22-11-23-26-20/h3-7,9-11H,8H2,1-2H3,(H,21,25,27)(H,22,23,26). The van der Waals surface area contributed by atoms with Gasteiger partial charge in [-0.1, -0.05) is 0 Å². The first-order valence-corrected chi connectivity index (χ1v) is 12.0. The molecular weight excluding hydrogens is 452 g/mol. The summed E-state index contributed by atoms with van der Waals surface area (Å²) in [7, 11) is 0. The van der Waals surface area contributed by atoms with Gasteiger partial charge >= 0.3 is 0 Å². The van der Waals surface area contributed by atoms with Gasteiger partial charge in [-0.15, -0.1) is 23.1 Å². The zero-order valence-corrected chi connectivity index (χ0v) is 19.1. The lowest BCUT2D eigenvalue weighted by atomic mass is 10.2. The molecule has 11 heteroatoms. The zero-order chi connectivity index (χ0) is 21.6. The van der Waals surface area contributed by atoms with E-state index in [0.29, 0.717) is 32.5 Å². The molecule has 0 unspecified atom stereocenters. The van der Waals surface area contributed by atoms with Crippen LogP contribution >= 0.6 is 34.9 Å². The Kier molecular flexibility index (Phi) is 6.85. The number of ether oxygens (including phenoxy) is 1. The number of anilines is 1. The highest BCUT2D eigenvalue weighted by molar-refractivity contribution is 7.99. The molecule has 1 amide bonds. The molecule has 0 saturated carbocycles. The number of hydrogen-bond acceptors (Lipinski definition) is 9. The fraction of sp³-hybridized carbons (Fsp3) is 0.150. The van der Waals surface area contributed by atoms with Crippen LogP contribution in [0.15, 0.2) is 64.0 Å². The SMILES string of the molecule is CSc1ccc(Oc2cc(CC(=O)Nc3ncc(C)s3)nc(Sc3ncn[nH]3)c2)cc1. The summed E-state index contributed by atoms with van der Waals surface area (Å²) in [6, 6.07) is 11.4. The van der Waals surface area contributed by atoms with E-state index in [0.717, 1.165) is 9.77 Å². The largest absolute Gasteiger partial charge is 0.457 e. The van der Waals surface area contributed by atoms with Crippen LogP contribution in [0, 0.1) is 6.92 Å². The Labute approximate surface area is 191 Å². The number of rotatable bonds is 8. The third-order valence-corrected chi connectivity index (χ3v) is 6.31. The Morgan fingerprint density at radius 2 is 2.03 bits per heavy atom. The normalized spacial score (nSPS) is 10.8. The molecular formula is C20H18N6O2S3. The topological polar surface area (TPSA) is 106 Å². The van der Waals surface area contributed by atoms with E-state index in [-0.39, 0.29) is 12.3 Å². The highest BCUT2D eigenvalue weighted by Crippen LogP contribution is 2.30. The molecule has 0 fully saturated rings. The minimum absolute atomic E-state index is 0.0885. The number of pyridine rings is 1. The first kappa shape index (κ1) is 21.3. The van der Waals surface area contributed by atoms with E-state index in [1.807, 2.05) is 37.4 Å². The summed E-state index contributed by atoms with van der Waals surface area (Å²) in [5.41, 5.74) is 0.575. The zero-order valence-electron chi connectivity index (χ0n) is 16.7. The first-order chi connectivity index (χ1) is 15.1. The van der Waals surface area contributed by atoms with Crippen molar-refractivity contribution in [3.63, 3.8) is 0 Å². The van der Waals surface area contributed by atoms with Crippen molar-refractivity contribution in [1.29, 1.82) is 0 Å². The lowest BCUT2D eigenvalue weighted by Crippen LogP contribution is -2.15. The average Bonchev–Trinajstić information content (AvgIpc) is 3.40. The van der Waals surface area contributed by atoms with Crippen LogP contribution in [0.5, 0.6) is 11.5 Å². The van der Waals surface area contributed by atoms with E-state index in [4.69, 9.17) is 4.74 Å². The van der Waals surface area contributed by atoms with Gasteiger partial charge in [-0.25, -0.2) is 15.0 Å². The lowest BCUT2D eigenvalue weighted by molar-refractivity contribution is -0.115. The number of thioether (sulfide) groups is 1. The van der Waals surface area contributed by atoms with Crippen molar-refractivity contribution in [2.24, 2.45) is 0 Å². The predicted molar refractivity (Wildman–Crippen MR) is 122 cm³/mol. The summed E-state index contributed by atoms with van der Waals surface area (Å²) in [5, 5.41) is 11.3. The van der Waals surface area contributed by atoms with Gasteiger partial charge in [0.15, 0.2) is 10.3 Å². The molecule has 0 spiro atoms. The summed E-state index contributed by atoms with van der Waals surface area (Å²) < 4.78 is 6.03. The second-order valence-corrected chi connectivity index (χ2v) is 9.43. The van der Waals surface area contributed by atoms with Crippen molar-refractivity contribution in [1.82, 2.24) is 25.1 Å². The summed E-state index contributed by atoms with van der Waals surface area (Å²) in [6.07, 6.45) is 5.27. The van der Waals surface area contributed by atoms with Gasteiger partial charge < -0.3 is 10.1 Å². The van der Waals surface area contributed by atoms with Gasteiger partial charge in [0.05, 0.1) is 12.1 Å². The molecule has 4 rings (SSSR count). The minimum atomic E-state index is -0.195. The van der Waals surface area contributed by atoms with Gasteiger partial charge in [0, 0.05) is 28.1 Å². The monoisotopic (exact) mass is 470 g/mol. The Hall–Kier alpha value is -2.89. The lowest BCUT2D eigenvalue weighted by Gasteiger charge is -2.10. The van der Waals surface area contributed by atoms with Crippen LogP contribution < -0.4 is 10.1 Å². The highest BCUT2D eigenvalue weighted by Gasteiger charge is 2.13. The van der Waals surface area contributed by atoms with Crippen molar-refractivity contribution >= 4 is 45.9 Å². The van der Waals surface area contributed by atoms with Crippen molar-refractivity contribution < 1.29 is 9.53 Å². The molecule has 3 heterocycles. The molecule has 0 aliphatic rings. The van der Waals surface area contributed by atoms with Crippen LogP contribution in [-0.2, 0) is 11.2 Å². The van der Waals surface area contributed by atoms with Crippen molar-refractivity contribution in [2.45, 2.75) is 28.4 Å². The van der Waals surface area contributed by atoms with Crippen molar-refractivity contribution in [3.05, 3.63) is 59.5 Å². The van der Waals surface area contributed by atoms with Gasteiger partial charge in [-0.05, 0) is 49.2 Å². The highest BCUT2D eigenvalue weighted by atomic mass is 32.2. The fourth-order valence-corrected chi connectivity index (χ4v) is 4.42. The van der Waals surface area contributed by atoms with E-state index < -0.39 is 0 Å². The number of nitrogens with one attached hydrogen (secondary N) is 2. The maximum Gasteiger partial charge on any atom is 0.232 e. The minimum Gasteiger partial charge on any atom is -0.457 e. The second-order valence-electron chi connectivity index (χ2n) is 6.30.